The molecule has 1 aromatic heterocycles. The van der Waals surface area contributed by atoms with Crippen LogP contribution in [0.1, 0.15) is 11.1 Å². The molecule has 24 heavy (non-hydrogen) atoms. The van der Waals surface area contributed by atoms with Crippen molar-refractivity contribution in [2.24, 2.45) is 0 Å². The lowest BCUT2D eigenvalue weighted by molar-refractivity contribution is 0.985. The first-order valence-corrected chi connectivity index (χ1v) is 7.72. The fourth-order valence-corrected chi connectivity index (χ4v) is 2.30. The third kappa shape index (κ3) is 4.08. The van der Waals surface area contributed by atoms with Crippen LogP contribution in [0.3, 0.4) is 0 Å². The van der Waals surface area contributed by atoms with Crippen LogP contribution >= 0.6 is 0 Å². The van der Waals surface area contributed by atoms with Crippen LogP contribution in [0, 0.1) is 11.3 Å². The van der Waals surface area contributed by atoms with E-state index in [0.29, 0.717) is 17.3 Å². The fraction of sp³-hybridized carbons (Fsp3) is 0.105. The van der Waals surface area contributed by atoms with Crippen LogP contribution in [-0.2, 0) is 6.42 Å². The number of hydrogen-bond acceptors (Lipinski definition) is 5. The van der Waals surface area contributed by atoms with Crippen molar-refractivity contribution in [1.82, 2.24) is 9.97 Å². The van der Waals surface area contributed by atoms with E-state index in [1.54, 1.807) is 18.3 Å². The van der Waals surface area contributed by atoms with Crippen molar-refractivity contribution in [1.29, 1.82) is 5.26 Å². The summed E-state index contributed by atoms with van der Waals surface area (Å²) < 4.78 is 0. The van der Waals surface area contributed by atoms with E-state index >= 15 is 0 Å². The van der Waals surface area contributed by atoms with Gasteiger partial charge in [0.05, 0.1) is 11.3 Å². The fourth-order valence-electron chi connectivity index (χ4n) is 2.30. The topological polar surface area (TPSA) is 73.6 Å². The van der Waals surface area contributed by atoms with Gasteiger partial charge < -0.3 is 10.6 Å². The average molecular weight is 315 g/mol. The normalized spacial score (nSPS) is 9.96. The number of aromatic nitrogens is 2. The van der Waals surface area contributed by atoms with Gasteiger partial charge in [-0.3, -0.25) is 0 Å². The van der Waals surface area contributed by atoms with Gasteiger partial charge in [-0.2, -0.15) is 10.2 Å². The Morgan fingerprint density at radius 3 is 2.58 bits per heavy atom. The van der Waals surface area contributed by atoms with Crippen molar-refractivity contribution in [2.75, 3.05) is 17.2 Å². The number of para-hydroxylation sites is 1. The van der Waals surface area contributed by atoms with E-state index in [-0.39, 0.29) is 0 Å². The maximum Gasteiger partial charge on any atom is 0.224 e. The summed E-state index contributed by atoms with van der Waals surface area (Å²) in [4.78, 5) is 8.66. The molecule has 3 rings (SSSR count). The lowest BCUT2D eigenvalue weighted by atomic mass is 10.1. The summed E-state index contributed by atoms with van der Waals surface area (Å²) >= 11 is 0. The molecule has 0 aliphatic heterocycles. The molecule has 0 bridgehead atoms. The maximum atomic E-state index is 9.14. The van der Waals surface area contributed by atoms with Crippen LogP contribution in [0.15, 0.2) is 66.9 Å². The van der Waals surface area contributed by atoms with Crippen molar-refractivity contribution in [2.45, 2.75) is 6.42 Å². The van der Waals surface area contributed by atoms with Gasteiger partial charge in [0.15, 0.2) is 0 Å². The van der Waals surface area contributed by atoms with Gasteiger partial charge in [-0.1, -0.05) is 42.5 Å². The van der Waals surface area contributed by atoms with E-state index in [1.165, 1.54) is 5.56 Å². The van der Waals surface area contributed by atoms with E-state index in [1.807, 2.05) is 36.4 Å². The second kappa shape index (κ2) is 7.75. The summed E-state index contributed by atoms with van der Waals surface area (Å²) in [6.45, 7) is 0.752. The Kier molecular flexibility index (Phi) is 5.00. The third-order valence-electron chi connectivity index (χ3n) is 3.51. The van der Waals surface area contributed by atoms with E-state index < -0.39 is 0 Å². The molecule has 0 radical (unpaired) electrons. The molecule has 118 valence electrons. The zero-order chi connectivity index (χ0) is 16.6. The maximum absolute atomic E-state index is 9.14. The predicted molar refractivity (Wildman–Crippen MR) is 95.1 cm³/mol. The van der Waals surface area contributed by atoms with Crippen molar-refractivity contribution < 1.29 is 0 Å². The van der Waals surface area contributed by atoms with Gasteiger partial charge in [-0.15, -0.1) is 0 Å². The minimum Gasteiger partial charge on any atom is -0.354 e. The highest BCUT2D eigenvalue weighted by Gasteiger charge is 2.03. The molecule has 0 saturated carbocycles. The number of rotatable bonds is 6. The van der Waals surface area contributed by atoms with Gasteiger partial charge in [-0.05, 0) is 30.2 Å². The second-order valence-electron chi connectivity index (χ2n) is 5.21. The molecule has 2 N–H and O–H groups in total. The zero-order valence-electron chi connectivity index (χ0n) is 13.1. The van der Waals surface area contributed by atoms with E-state index in [4.69, 9.17) is 5.26 Å². The lowest BCUT2D eigenvalue weighted by Gasteiger charge is -2.09. The molecule has 2 aromatic carbocycles. The molecule has 0 spiro atoms. The minimum absolute atomic E-state index is 0.561. The van der Waals surface area contributed by atoms with Crippen molar-refractivity contribution in [3.05, 3.63) is 78.0 Å². The van der Waals surface area contributed by atoms with Crippen LogP contribution in [0.25, 0.3) is 0 Å². The second-order valence-corrected chi connectivity index (χ2v) is 5.21. The quantitative estimate of drug-likeness (QED) is 0.725. The molecule has 0 unspecified atom stereocenters. The van der Waals surface area contributed by atoms with Crippen LogP contribution in [0.4, 0.5) is 17.5 Å². The summed E-state index contributed by atoms with van der Waals surface area (Å²) in [6.07, 6.45) is 2.59. The standard InChI is InChI=1S/C19H17N5/c20-14-16-8-4-5-9-17(16)23-18-11-13-22-19(24-18)21-12-10-15-6-2-1-3-7-15/h1-9,11,13H,10,12H2,(H2,21,22,23,24). The Balaban J connectivity index is 1.63. The molecule has 0 atom stereocenters. The molecule has 0 aliphatic carbocycles. The van der Waals surface area contributed by atoms with Gasteiger partial charge in [0.25, 0.3) is 0 Å². The molecule has 0 aliphatic rings. The largest absolute Gasteiger partial charge is 0.354 e. The van der Waals surface area contributed by atoms with Crippen LogP contribution < -0.4 is 10.6 Å². The molecule has 3 aromatic rings. The van der Waals surface area contributed by atoms with Crippen molar-refractivity contribution in [3.63, 3.8) is 0 Å². The smallest absolute Gasteiger partial charge is 0.224 e. The number of nitrogens with one attached hydrogen (secondary N) is 2. The molecule has 5 heteroatoms. The Bertz CT molecular complexity index is 840. The Morgan fingerprint density at radius 1 is 0.958 bits per heavy atom. The average Bonchev–Trinajstić information content (AvgIpc) is 2.63. The Morgan fingerprint density at radius 2 is 1.75 bits per heavy atom. The number of benzene rings is 2. The lowest BCUT2D eigenvalue weighted by Crippen LogP contribution is -2.08. The minimum atomic E-state index is 0.561. The van der Waals surface area contributed by atoms with E-state index in [0.717, 1.165) is 18.7 Å². The number of nitrogens with zero attached hydrogens (tertiary/aromatic N) is 3. The van der Waals surface area contributed by atoms with Crippen LogP contribution in [-0.4, -0.2) is 16.5 Å². The highest BCUT2D eigenvalue weighted by Crippen LogP contribution is 2.19. The highest BCUT2D eigenvalue weighted by atomic mass is 15.1. The molecule has 0 amide bonds. The molecular formula is C19H17N5. The molecule has 0 saturated heterocycles. The molecule has 0 fully saturated rings. The number of hydrogen-bond donors (Lipinski definition) is 2. The first-order chi connectivity index (χ1) is 11.8. The van der Waals surface area contributed by atoms with E-state index in [2.05, 4.69) is 38.8 Å². The van der Waals surface area contributed by atoms with Gasteiger partial charge in [0, 0.05) is 12.7 Å². The first kappa shape index (κ1) is 15.5. The molecule has 5 nitrogen and oxygen atoms in total. The molecular weight excluding hydrogens is 298 g/mol. The SMILES string of the molecule is N#Cc1ccccc1Nc1ccnc(NCCc2ccccc2)n1. The summed E-state index contributed by atoms with van der Waals surface area (Å²) in [5.41, 5.74) is 2.57. The Labute approximate surface area is 141 Å². The summed E-state index contributed by atoms with van der Waals surface area (Å²) in [7, 11) is 0. The molecule has 1 heterocycles. The van der Waals surface area contributed by atoms with Gasteiger partial charge in [-0.25, -0.2) is 4.98 Å². The monoisotopic (exact) mass is 315 g/mol. The highest BCUT2D eigenvalue weighted by molar-refractivity contribution is 5.64. The van der Waals surface area contributed by atoms with Crippen LogP contribution in [0.5, 0.6) is 0 Å². The van der Waals surface area contributed by atoms with E-state index in [9.17, 15) is 0 Å². The number of anilines is 3. The summed E-state index contributed by atoms with van der Waals surface area (Å²) in [6, 6.07) is 21.5. The first-order valence-electron chi connectivity index (χ1n) is 7.72. The van der Waals surface area contributed by atoms with Crippen molar-refractivity contribution in [3.8, 4) is 6.07 Å². The summed E-state index contributed by atoms with van der Waals surface area (Å²) in [5, 5.41) is 15.5. The summed E-state index contributed by atoms with van der Waals surface area (Å²) in [5.74, 6) is 1.21. The van der Waals surface area contributed by atoms with Gasteiger partial charge in [0.2, 0.25) is 5.95 Å². The Hall–Kier alpha value is -3.39. The zero-order valence-corrected chi connectivity index (χ0v) is 13.1. The van der Waals surface area contributed by atoms with Crippen LogP contribution in [0.2, 0.25) is 0 Å². The number of nitriles is 1. The third-order valence-corrected chi connectivity index (χ3v) is 3.51. The van der Waals surface area contributed by atoms with Gasteiger partial charge in [0.1, 0.15) is 11.9 Å². The van der Waals surface area contributed by atoms with Gasteiger partial charge >= 0.3 is 0 Å². The van der Waals surface area contributed by atoms with Crippen molar-refractivity contribution >= 4 is 17.5 Å². The predicted octanol–water partition coefficient (Wildman–Crippen LogP) is 3.75.